The Kier molecular flexibility index (Phi) is 7.90. The molecule has 0 bridgehead atoms. The van der Waals surface area contributed by atoms with Gasteiger partial charge in [0.05, 0.1) is 6.61 Å². The minimum Gasteiger partial charge on any atom is -0.465 e. The van der Waals surface area contributed by atoms with E-state index >= 15 is 0 Å². The van der Waals surface area contributed by atoms with E-state index in [4.69, 9.17) is 4.74 Å². The van der Waals surface area contributed by atoms with Crippen molar-refractivity contribution >= 4 is 18.4 Å². The predicted molar refractivity (Wildman–Crippen MR) is 58.7 cm³/mol. The van der Waals surface area contributed by atoms with E-state index in [2.05, 4.69) is 5.32 Å². The van der Waals surface area contributed by atoms with Crippen LogP contribution in [0.5, 0.6) is 0 Å². The highest BCUT2D eigenvalue weighted by Crippen LogP contribution is 2.10. The normalized spacial score (nSPS) is 21.1. The number of rotatable bonds is 4. The Morgan fingerprint density at radius 2 is 2.36 bits per heavy atom. The second-order valence-electron chi connectivity index (χ2n) is 3.65. The van der Waals surface area contributed by atoms with Crippen molar-refractivity contribution in [2.24, 2.45) is 5.92 Å². The second kappa shape index (κ2) is 8.06. The van der Waals surface area contributed by atoms with Crippen LogP contribution in [0.1, 0.15) is 32.6 Å². The number of piperidine rings is 1. The molecule has 0 aliphatic carbocycles. The SMILES string of the molecule is CCCC(=O)OC[C@@H]1CCCNC1.Cl. The molecule has 0 spiro atoms. The summed E-state index contributed by atoms with van der Waals surface area (Å²) in [5, 5.41) is 3.30. The summed E-state index contributed by atoms with van der Waals surface area (Å²) >= 11 is 0. The van der Waals surface area contributed by atoms with Crippen molar-refractivity contribution in [1.29, 1.82) is 0 Å². The van der Waals surface area contributed by atoms with Gasteiger partial charge in [-0.15, -0.1) is 12.4 Å². The molecule has 0 aromatic carbocycles. The lowest BCUT2D eigenvalue weighted by Crippen LogP contribution is -2.32. The van der Waals surface area contributed by atoms with Gasteiger partial charge in [0.15, 0.2) is 0 Å². The second-order valence-corrected chi connectivity index (χ2v) is 3.65. The van der Waals surface area contributed by atoms with Crippen LogP contribution in [0.25, 0.3) is 0 Å². The van der Waals surface area contributed by atoms with Gasteiger partial charge in [-0.25, -0.2) is 0 Å². The van der Waals surface area contributed by atoms with Gasteiger partial charge in [0.1, 0.15) is 0 Å². The predicted octanol–water partition coefficient (Wildman–Crippen LogP) is 1.75. The lowest BCUT2D eigenvalue weighted by Gasteiger charge is -2.22. The zero-order valence-corrected chi connectivity index (χ0v) is 9.57. The standard InChI is InChI=1S/C10H19NO2.ClH/c1-2-4-10(12)13-8-9-5-3-6-11-7-9;/h9,11H,2-8H2,1H3;1H/t9-;/m1./s1. The number of halogens is 1. The third-order valence-electron chi connectivity index (χ3n) is 2.33. The maximum atomic E-state index is 11.0. The van der Waals surface area contributed by atoms with Crippen LogP contribution in [0.15, 0.2) is 0 Å². The number of ether oxygens (including phenoxy) is 1. The first-order valence-corrected chi connectivity index (χ1v) is 5.19. The zero-order valence-electron chi connectivity index (χ0n) is 8.75. The Hall–Kier alpha value is -0.280. The molecule has 1 fully saturated rings. The van der Waals surface area contributed by atoms with Crippen molar-refractivity contribution in [2.45, 2.75) is 32.6 Å². The largest absolute Gasteiger partial charge is 0.465 e. The summed E-state index contributed by atoms with van der Waals surface area (Å²) in [5.41, 5.74) is 0. The molecule has 0 radical (unpaired) electrons. The van der Waals surface area contributed by atoms with Crippen molar-refractivity contribution in [3.63, 3.8) is 0 Å². The van der Waals surface area contributed by atoms with Gasteiger partial charge >= 0.3 is 5.97 Å². The molecule has 0 amide bonds. The van der Waals surface area contributed by atoms with Crippen LogP contribution in [-0.2, 0) is 9.53 Å². The van der Waals surface area contributed by atoms with Crippen molar-refractivity contribution in [3.8, 4) is 0 Å². The number of hydrogen-bond acceptors (Lipinski definition) is 3. The topological polar surface area (TPSA) is 38.3 Å². The number of carbonyl (C=O) groups excluding carboxylic acids is 1. The first kappa shape index (κ1) is 13.7. The highest BCUT2D eigenvalue weighted by atomic mass is 35.5. The summed E-state index contributed by atoms with van der Waals surface area (Å²) in [5.74, 6) is 0.489. The quantitative estimate of drug-likeness (QED) is 0.736. The van der Waals surface area contributed by atoms with Gasteiger partial charge in [0.2, 0.25) is 0 Å². The van der Waals surface area contributed by atoms with E-state index in [-0.39, 0.29) is 18.4 Å². The highest BCUT2D eigenvalue weighted by Gasteiger charge is 2.14. The Morgan fingerprint density at radius 1 is 1.57 bits per heavy atom. The van der Waals surface area contributed by atoms with Gasteiger partial charge in [-0.3, -0.25) is 4.79 Å². The zero-order chi connectivity index (χ0) is 9.52. The molecule has 0 aromatic rings. The van der Waals surface area contributed by atoms with Gasteiger partial charge in [-0.1, -0.05) is 6.92 Å². The van der Waals surface area contributed by atoms with E-state index in [1.54, 1.807) is 0 Å². The van der Waals surface area contributed by atoms with Crippen molar-refractivity contribution in [2.75, 3.05) is 19.7 Å². The average molecular weight is 222 g/mol. The fourth-order valence-electron chi connectivity index (χ4n) is 1.55. The van der Waals surface area contributed by atoms with E-state index in [9.17, 15) is 4.79 Å². The fourth-order valence-corrected chi connectivity index (χ4v) is 1.55. The Balaban J connectivity index is 0.00000169. The molecule has 1 atom stereocenters. The van der Waals surface area contributed by atoms with Crippen LogP contribution in [0.3, 0.4) is 0 Å². The molecule has 0 aromatic heterocycles. The van der Waals surface area contributed by atoms with Crippen molar-refractivity contribution < 1.29 is 9.53 Å². The maximum Gasteiger partial charge on any atom is 0.305 e. The number of esters is 1. The molecule has 1 N–H and O–H groups in total. The number of hydrogen-bond donors (Lipinski definition) is 1. The Bertz CT molecular complexity index is 158. The molecular weight excluding hydrogens is 202 g/mol. The van der Waals surface area contributed by atoms with Gasteiger partial charge < -0.3 is 10.1 Å². The monoisotopic (exact) mass is 221 g/mol. The average Bonchev–Trinajstić information content (AvgIpc) is 2.17. The molecule has 0 saturated carbocycles. The molecular formula is C10H20ClNO2. The third kappa shape index (κ3) is 5.45. The summed E-state index contributed by atoms with van der Waals surface area (Å²) in [6, 6.07) is 0. The molecule has 3 nitrogen and oxygen atoms in total. The molecule has 1 heterocycles. The van der Waals surface area contributed by atoms with E-state index in [1.807, 2.05) is 6.92 Å². The van der Waals surface area contributed by atoms with Crippen LogP contribution in [0.2, 0.25) is 0 Å². The summed E-state index contributed by atoms with van der Waals surface area (Å²) < 4.78 is 5.14. The van der Waals surface area contributed by atoms with E-state index in [1.165, 1.54) is 12.8 Å². The van der Waals surface area contributed by atoms with E-state index in [0.717, 1.165) is 19.5 Å². The maximum absolute atomic E-state index is 11.0. The minimum atomic E-state index is -0.0481. The van der Waals surface area contributed by atoms with Crippen LogP contribution >= 0.6 is 12.4 Å². The lowest BCUT2D eigenvalue weighted by atomic mass is 10.0. The molecule has 1 rings (SSSR count). The van der Waals surface area contributed by atoms with Crippen molar-refractivity contribution in [3.05, 3.63) is 0 Å². The van der Waals surface area contributed by atoms with Gasteiger partial charge in [-0.2, -0.15) is 0 Å². The summed E-state index contributed by atoms with van der Waals surface area (Å²) in [6.45, 7) is 4.70. The minimum absolute atomic E-state index is 0. The van der Waals surface area contributed by atoms with E-state index in [0.29, 0.717) is 18.9 Å². The van der Waals surface area contributed by atoms with Crippen LogP contribution in [0, 0.1) is 5.92 Å². The lowest BCUT2D eigenvalue weighted by molar-refractivity contribution is -0.145. The molecule has 84 valence electrons. The number of nitrogens with one attached hydrogen (secondary N) is 1. The highest BCUT2D eigenvalue weighted by molar-refractivity contribution is 5.85. The molecule has 1 aliphatic rings. The summed E-state index contributed by atoms with van der Waals surface area (Å²) in [4.78, 5) is 11.0. The van der Waals surface area contributed by atoms with Crippen LogP contribution < -0.4 is 5.32 Å². The first-order chi connectivity index (χ1) is 6.33. The first-order valence-electron chi connectivity index (χ1n) is 5.19. The van der Waals surface area contributed by atoms with Gasteiger partial charge in [0, 0.05) is 18.9 Å². The van der Waals surface area contributed by atoms with Gasteiger partial charge in [-0.05, 0) is 25.8 Å². The molecule has 0 unspecified atom stereocenters. The van der Waals surface area contributed by atoms with Crippen LogP contribution in [-0.4, -0.2) is 25.7 Å². The third-order valence-corrected chi connectivity index (χ3v) is 2.33. The fraction of sp³-hybridized carbons (Fsp3) is 0.900. The smallest absolute Gasteiger partial charge is 0.305 e. The summed E-state index contributed by atoms with van der Waals surface area (Å²) in [6.07, 6.45) is 3.82. The molecule has 14 heavy (non-hydrogen) atoms. The summed E-state index contributed by atoms with van der Waals surface area (Å²) in [7, 11) is 0. The Morgan fingerprint density at radius 3 is 2.93 bits per heavy atom. The Labute approximate surface area is 92.0 Å². The van der Waals surface area contributed by atoms with E-state index < -0.39 is 0 Å². The molecule has 4 heteroatoms. The number of carbonyl (C=O) groups is 1. The van der Waals surface area contributed by atoms with Gasteiger partial charge in [0.25, 0.3) is 0 Å². The van der Waals surface area contributed by atoms with Crippen molar-refractivity contribution in [1.82, 2.24) is 5.32 Å². The van der Waals surface area contributed by atoms with Crippen LogP contribution in [0.4, 0.5) is 0 Å². The molecule has 1 aliphatic heterocycles. The molecule has 1 saturated heterocycles.